The van der Waals surface area contributed by atoms with Crippen molar-refractivity contribution in [2.75, 3.05) is 12.0 Å². The van der Waals surface area contributed by atoms with Gasteiger partial charge in [0.2, 0.25) is 5.91 Å². The second-order valence-electron chi connectivity index (χ2n) is 4.96. The average molecular weight is 275 g/mol. The molecule has 0 radical (unpaired) electrons. The Bertz CT molecular complexity index is 345. The van der Waals surface area contributed by atoms with Gasteiger partial charge in [-0.3, -0.25) is 13.8 Å². The topological polar surface area (TPSA) is 83.5 Å². The van der Waals surface area contributed by atoms with E-state index in [4.69, 9.17) is 5.11 Å². The summed E-state index contributed by atoms with van der Waals surface area (Å²) in [6.07, 6.45) is 4.31. The molecule has 1 fully saturated rings. The highest BCUT2D eigenvalue weighted by Crippen LogP contribution is 2.32. The Morgan fingerprint density at radius 2 is 2.00 bits per heavy atom. The summed E-state index contributed by atoms with van der Waals surface area (Å²) >= 11 is 0. The Hall–Kier alpha value is -0.910. The number of carboxylic acid groups (broad SMARTS) is 1. The van der Waals surface area contributed by atoms with E-state index in [1.54, 1.807) is 6.26 Å². The van der Waals surface area contributed by atoms with Crippen LogP contribution in [0.15, 0.2) is 0 Å². The molecule has 0 saturated heterocycles. The fourth-order valence-corrected chi connectivity index (χ4v) is 3.02. The van der Waals surface area contributed by atoms with E-state index in [0.717, 1.165) is 6.42 Å². The van der Waals surface area contributed by atoms with Crippen LogP contribution in [0.3, 0.4) is 0 Å². The summed E-state index contributed by atoms with van der Waals surface area (Å²) in [7, 11) is -0.863. The van der Waals surface area contributed by atoms with Crippen molar-refractivity contribution in [1.82, 2.24) is 5.32 Å². The predicted octanol–water partition coefficient (Wildman–Crippen LogP) is 0.761. The van der Waals surface area contributed by atoms with E-state index in [-0.39, 0.29) is 11.9 Å². The molecule has 0 aromatic heterocycles. The molecule has 5 nitrogen and oxygen atoms in total. The molecule has 4 atom stereocenters. The molecular weight excluding hydrogens is 254 g/mol. The monoisotopic (exact) mass is 275 g/mol. The van der Waals surface area contributed by atoms with Gasteiger partial charge in [-0.15, -0.1) is 0 Å². The molecule has 2 unspecified atom stereocenters. The average Bonchev–Trinajstić information content (AvgIpc) is 2.75. The van der Waals surface area contributed by atoms with Crippen molar-refractivity contribution in [3.63, 3.8) is 0 Å². The first-order valence-corrected chi connectivity index (χ1v) is 7.97. The van der Waals surface area contributed by atoms with E-state index < -0.39 is 28.6 Å². The maximum absolute atomic E-state index is 12.0. The summed E-state index contributed by atoms with van der Waals surface area (Å²) in [4.78, 5) is 23.0. The second-order valence-corrected chi connectivity index (χ2v) is 6.51. The fourth-order valence-electron chi connectivity index (χ4n) is 2.33. The highest BCUT2D eigenvalue weighted by atomic mass is 32.2. The minimum Gasteiger partial charge on any atom is -0.481 e. The number of amides is 1. The maximum atomic E-state index is 12.0. The van der Waals surface area contributed by atoms with E-state index in [1.165, 1.54) is 0 Å². The number of hydrogen-bond acceptors (Lipinski definition) is 3. The van der Waals surface area contributed by atoms with Crippen molar-refractivity contribution in [2.45, 2.75) is 38.6 Å². The highest BCUT2D eigenvalue weighted by Gasteiger charge is 2.37. The van der Waals surface area contributed by atoms with Crippen LogP contribution in [-0.4, -0.2) is 39.2 Å². The van der Waals surface area contributed by atoms with Crippen LogP contribution in [0, 0.1) is 11.8 Å². The van der Waals surface area contributed by atoms with E-state index in [1.807, 2.05) is 6.92 Å². The first-order chi connectivity index (χ1) is 8.41. The largest absolute Gasteiger partial charge is 0.481 e. The van der Waals surface area contributed by atoms with Crippen LogP contribution >= 0.6 is 0 Å². The minimum atomic E-state index is -0.880. The van der Waals surface area contributed by atoms with Crippen LogP contribution in [0.25, 0.3) is 0 Å². The van der Waals surface area contributed by atoms with Gasteiger partial charge in [0.25, 0.3) is 0 Å². The van der Waals surface area contributed by atoms with Gasteiger partial charge in [0, 0.05) is 28.9 Å². The summed E-state index contributed by atoms with van der Waals surface area (Å²) in [5, 5.41) is 11.8. The van der Waals surface area contributed by atoms with Crippen LogP contribution in [0.4, 0.5) is 0 Å². The summed E-state index contributed by atoms with van der Waals surface area (Å²) in [5.74, 6) is -1.45. The van der Waals surface area contributed by atoms with Gasteiger partial charge in [-0.05, 0) is 26.2 Å². The van der Waals surface area contributed by atoms with E-state index >= 15 is 0 Å². The van der Waals surface area contributed by atoms with Gasteiger partial charge in [-0.25, -0.2) is 0 Å². The van der Waals surface area contributed by atoms with Gasteiger partial charge in [-0.1, -0.05) is 6.42 Å². The molecule has 18 heavy (non-hydrogen) atoms. The van der Waals surface area contributed by atoms with Gasteiger partial charge < -0.3 is 10.4 Å². The number of aliphatic carboxylic acids is 1. The Morgan fingerprint density at radius 3 is 2.56 bits per heavy atom. The van der Waals surface area contributed by atoms with Gasteiger partial charge in [0.05, 0.1) is 11.8 Å². The molecule has 1 rings (SSSR count). The maximum Gasteiger partial charge on any atom is 0.307 e. The number of carbonyl (C=O) groups is 2. The van der Waals surface area contributed by atoms with Crippen LogP contribution in [0.5, 0.6) is 0 Å². The Morgan fingerprint density at radius 1 is 1.39 bits per heavy atom. The third kappa shape index (κ3) is 4.40. The minimum absolute atomic E-state index is 0.0588. The molecule has 1 aliphatic rings. The molecule has 0 aromatic carbocycles. The standard InChI is InChI=1S/C12H21NO4S/c1-8(6-7-18(2)17)13-11(14)9-4-3-5-10(9)12(15)16/h8-10H,3-7H2,1-2H3,(H,13,14)(H,15,16)/t8?,9-,10+,18?/m1/s1. The Labute approximate surface area is 110 Å². The van der Waals surface area contributed by atoms with Gasteiger partial charge in [0.15, 0.2) is 0 Å². The lowest BCUT2D eigenvalue weighted by molar-refractivity contribution is -0.146. The summed E-state index contributed by atoms with van der Waals surface area (Å²) in [6.45, 7) is 1.86. The molecule has 2 N–H and O–H groups in total. The van der Waals surface area contributed by atoms with Crippen LogP contribution in [0.1, 0.15) is 32.6 Å². The molecule has 1 aliphatic carbocycles. The Kier molecular flexibility index (Phi) is 5.78. The third-order valence-electron chi connectivity index (χ3n) is 3.40. The zero-order valence-corrected chi connectivity index (χ0v) is 11.7. The van der Waals surface area contributed by atoms with Crippen molar-refractivity contribution >= 4 is 22.7 Å². The van der Waals surface area contributed by atoms with Crippen molar-refractivity contribution < 1.29 is 18.9 Å². The van der Waals surface area contributed by atoms with Gasteiger partial charge in [0.1, 0.15) is 0 Å². The molecule has 1 saturated carbocycles. The van der Waals surface area contributed by atoms with Crippen molar-refractivity contribution in [3.05, 3.63) is 0 Å². The molecule has 6 heteroatoms. The van der Waals surface area contributed by atoms with Gasteiger partial charge in [-0.2, -0.15) is 0 Å². The molecular formula is C12H21NO4S. The van der Waals surface area contributed by atoms with Crippen molar-refractivity contribution in [3.8, 4) is 0 Å². The normalized spacial score (nSPS) is 26.6. The fraction of sp³-hybridized carbons (Fsp3) is 0.833. The summed E-state index contributed by atoms with van der Waals surface area (Å²) in [6, 6.07) is -0.0588. The third-order valence-corrected chi connectivity index (χ3v) is 4.21. The zero-order chi connectivity index (χ0) is 13.7. The number of carbonyl (C=O) groups excluding carboxylic acids is 1. The highest BCUT2D eigenvalue weighted by molar-refractivity contribution is 7.84. The summed E-state index contributed by atoms with van der Waals surface area (Å²) in [5.41, 5.74) is 0. The molecule has 0 heterocycles. The molecule has 0 bridgehead atoms. The molecule has 0 aromatic rings. The smallest absolute Gasteiger partial charge is 0.307 e. The van der Waals surface area contributed by atoms with E-state index in [9.17, 15) is 13.8 Å². The number of rotatable bonds is 6. The number of nitrogens with one attached hydrogen (secondary N) is 1. The SMILES string of the molecule is CC(CCS(C)=O)NC(=O)[C@@H]1CCC[C@@H]1C(=O)O. The summed E-state index contributed by atoms with van der Waals surface area (Å²) < 4.78 is 11.0. The lowest BCUT2D eigenvalue weighted by Crippen LogP contribution is -2.40. The second kappa shape index (κ2) is 6.87. The quantitative estimate of drug-likeness (QED) is 0.749. The van der Waals surface area contributed by atoms with E-state index in [0.29, 0.717) is 25.0 Å². The van der Waals surface area contributed by atoms with Crippen molar-refractivity contribution in [2.24, 2.45) is 11.8 Å². The number of carboxylic acids is 1. The first-order valence-electron chi connectivity index (χ1n) is 6.25. The number of hydrogen-bond donors (Lipinski definition) is 2. The lowest BCUT2D eigenvalue weighted by atomic mass is 9.95. The Balaban J connectivity index is 2.44. The van der Waals surface area contributed by atoms with E-state index in [2.05, 4.69) is 5.32 Å². The first kappa shape index (κ1) is 15.1. The van der Waals surface area contributed by atoms with Crippen LogP contribution in [-0.2, 0) is 20.4 Å². The van der Waals surface area contributed by atoms with Crippen LogP contribution in [0.2, 0.25) is 0 Å². The molecule has 0 spiro atoms. The lowest BCUT2D eigenvalue weighted by Gasteiger charge is -2.19. The molecule has 1 amide bonds. The molecule has 0 aliphatic heterocycles. The zero-order valence-electron chi connectivity index (χ0n) is 10.8. The predicted molar refractivity (Wildman–Crippen MR) is 69.6 cm³/mol. The van der Waals surface area contributed by atoms with Crippen molar-refractivity contribution in [1.29, 1.82) is 0 Å². The van der Waals surface area contributed by atoms with Gasteiger partial charge >= 0.3 is 5.97 Å². The molecule has 104 valence electrons. The van der Waals surface area contributed by atoms with Crippen LogP contribution < -0.4 is 5.32 Å².